The van der Waals surface area contributed by atoms with E-state index < -0.39 is 0 Å². The molecule has 6 heteroatoms. The number of amides is 2. The first-order valence-electron chi connectivity index (χ1n) is 9.89. The predicted molar refractivity (Wildman–Crippen MR) is 111 cm³/mol. The molecule has 1 aliphatic rings. The first-order chi connectivity index (χ1) is 14.1. The molecule has 154 valence electrons. The van der Waals surface area contributed by atoms with Crippen LogP contribution in [0.5, 0.6) is 11.5 Å². The van der Waals surface area contributed by atoms with Crippen LogP contribution in [0.4, 0.5) is 0 Å². The van der Waals surface area contributed by atoms with Crippen molar-refractivity contribution in [3.05, 3.63) is 59.7 Å². The van der Waals surface area contributed by atoms with Crippen molar-refractivity contribution in [3.8, 4) is 11.5 Å². The maximum absolute atomic E-state index is 13.1. The van der Waals surface area contributed by atoms with Gasteiger partial charge in [-0.15, -0.1) is 0 Å². The van der Waals surface area contributed by atoms with Crippen molar-refractivity contribution in [3.63, 3.8) is 0 Å². The highest BCUT2D eigenvalue weighted by Gasteiger charge is 2.41. The van der Waals surface area contributed by atoms with Crippen LogP contribution in [-0.2, 0) is 16.1 Å². The zero-order valence-corrected chi connectivity index (χ0v) is 17.2. The summed E-state index contributed by atoms with van der Waals surface area (Å²) in [7, 11) is 3.18. The van der Waals surface area contributed by atoms with Crippen molar-refractivity contribution >= 4 is 11.8 Å². The lowest BCUT2D eigenvalue weighted by Gasteiger charge is -2.21. The van der Waals surface area contributed by atoms with Gasteiger partial charge in [0, 0.05) is 37.5 Å². The van der Waals surface area contributed by atoms with Crippen LogP contribution in [-0.4, -0.2) is 44.0 Å². The lowest BCUT2D eigenvalue weighted by molar-refractivity contribution is -0.130. The third-order valence-corrected chi connectivity index (χ3v) is 5.45. The zero-order valence-electron chi connectivity index (χ0n) is 17.2. The molecule has 1 saturated heterocycles. The Morgan fingerprint density at radius 3 is 2.45 bits per heavy atom. The average Bonchev–Trinajstić information content (AvgIpc) is 3.22. The number of para-hydroxylation sites is 1. The second-order valence-electron chi connectivity index (χ2n) is 7.15. The molecule has 0 radical (unpaired) electrons. The van der Waals surface area contributed by atoms with Crippen molar-refractivity contribution in [1.82, 2.24) is 10.2 Å². The maximum atomic E-state index is 13.1. The fourth-order valence-electron chi connectivity index (χ4n) is 3.93. The first kappa shape index (κ1) is 20.7. The molecule has 1 fully saturated rings. The summed E-state index contributed by atoms with van der Waals surface area (Å²) in [6, 6.07) is 15.5. The number of carbonyl (C=O) groups is 2. The van der Waals surface area contributed by atoms with Crippen LogP contribution in [0.25, 0.3) is 0 Å². The molecule has 2 unspecified atom stereocenters. The monoisotopic (exact) mass is 396 g/mol. The molecule has 2 aromatic carbocycles. The topological polar surface area (TPSA) is 67.9 Å². The number of ether oxygens (including phenoxy) is 2. The van der Waals surface area contributed by atoms with E-state index in [1.165, 1.54) is 0 Å². The Morgan fingerprint density at radius 1 is 1.03 bits per heavy atom. The number of hydrogen-bond donors (Lipinski definition) is 1. The van der Waals surface area contributed by atoms with Crippen LogP contribution in [0.2, 0.25) is 0 Å². The Balaban J connectivity index is 1.86. The number of methoxy groups -OCH3 is 2. The lowest BCUT2D eigenvalue weighted by Crippen LogP contribution is -2.35. The molecule has 0 spiro atoms. The number of carbonyl (C=O) groups excluding carboxylic acids is 2. The maximum Gasteiger partial charge on any atom is 0.225 e. The third kappa shape index (κ3) is 4.53. The fourth-order valence-corrected chi connectivity index (χ4v) is 3.93. The molecule has 2 amide bonds. The van der Waals surface area contributed by atoms with E-state index in [9.17, 15) is 9.59 Å². The zero-order chi connectivity index (χ0) is 20.8. The quantitative estimate of drug-likeness (QED) is 0.781. The van der Waals surface area contributed by atoms with E-state index in [1.54, 1.807) is 19.1 Å². The molecule has 0 aliphatic carbocycles. The van der Waals surface area contributed by atoms with E-state index in [1.807, 2.05) is 55.5 Å². The highest BCUT2D eigenvalue weighted by Crippen LogP contribution is 2.42. The molecule has 0 bridgehead atoms. The highest BCUT2D eigenvalue weighted by atomic mass is 16.5. The van der Waals surface area contributed by atoms with Gasteiger partial charge in [0.1, 0.15) is 0 Å². The first-order valence-corrected chi connectivity index (χ1v) is 9.89. The van der Waals surface area contributed by atoms with Gasteiger partial charge >= 0.3 is 0 Å². The number of nitrogens with one attached hydrogen (secondary N) is 1. The van der Waals surface area contributed by atoms with Crippen molar-refractivity contribution in [1.29, 1.82) is 0 Å². The Hall–Kier alpha value is -3.02. The summed E-state index contributed by atoms with van der Waals surface area (Å²) in [5.74, 6) is 0.715. The highest BCUT2D eigenvalue weighted by molar-refractivity contribution is 5.83. The van der Waals surface area contributed by atoms with Crippen molar-refractivity contribution in [2.24, 2.45) is 5.92 Å². The Bertz CT molecular complexity index is 853. The summed E-state index contributed by atoms with van der Waals surface area (Å²) in [4.78, 5) is 27.2. The van der Waals surface area contributed by atoms with Crippen LogP contribution >= 0.6 is 0 Å². The molecule has 1 aliphatic heterocycles. The minimum atomic E-state index is -0.352. The van der Waals surface area contributed by atoms with Gasteiger partial charge in [0.05, 0.1) is 20.1 Å². The minimum Gasteiger partial charge on any atom is -0.493 e. The van der Waals surface area contributed by atoms with E-state index >= 15 is 0 Å². The molecule has 6 nitrogen and oxygen atoms in total. The predicted octanol–water partition coefficient (Wildman–Crippen LogP) is 2.97. The Kier molecular flexibility index (Phi) is 6.75. The summed E-state index contributed by atoms with van der Waals surface area (Å²) in [5.41, 5.74) is 1.92. The van der Waals surface area contributed by atoms with Gasteiger partial charge in [-0.05, 0) is 11.6 Å². The van der Waals surface area contributed by atoms with E-state index in [4.69, 9.17) is 9.47 Å². The van der Waals surface area contributed by atoms with E-state index in [0.717, 1.165) is 11.1 Å². The summed E-state index contributed by atoms with van der Waals surface area (Å²) in [6.07, 6.45) is 0.417. The van der Waals surface area contributed by atoms with Crippen LogP contribution in [0.1, 0.15) is 30.4 Å². The Labute approximate surface area is 171 Å². The molecular weight excluding hydrogens is 368 g/mol. The molecule has 2 atom stereocenters. The lowest BCUT2D eigenvalue weighted by atomic mass is 9.87. The van der Waals surface area contributed by atoms with E-state index in [0.29, 0.717) is 37.6 Å². The number of nitrogens with zero attached hydrogens (tertiary/aromatic N) is 1. The SMILES string of the molecule is CCC(=O)N1CC(C(=O)NCc2ccccc2)C(c2cccc(OC)c2OC)C1. The molecule has 0 saturated carbocycles. The summed E-state index contributed by atoms with van der Waals surface area (Å²) < 4.78 is 11.0. The van der Waals surface area contributed by atoms with Gasteiger partial charge in [0.2, 0.25) is 11.8 Å². The van der Waals surface area contributed by atoms with Gasteiger partial charge < -0.3 is 19.7 Å². The average molecular weight is 396 g/mol. The molecule has 3 rings (SSSR count). The number of benzene rings is 2. The van der Waals surface area contributed by atoms with Crippen LogP contribution in [0, 0.1) is 5.92 Å². The van der Waals surface area contributed by atoms with Crippen LogP contribution < -0.4 is 14.8 Å². The largest absolute Gasteiger partial charge is 0.493 e. The summed E-state index contributed by atoms with van der Waals surface area (Å²) in [5, 5.41) is 3.04. The fraction of sp³-hybridized carbons (Fsp3) is 0.391. The number of hydrogen-bond acceptors (Lipinski definition) is 4. The third-order valence-electron chi connectivity index (χ3n) is 5.45. The van der Waals surface area contributed by atoms with Crippen molar-refractivity contribution in [2.45, 2.75) is 25.8 Å². The normalized spacial score (nSPS) is 18.4. The van der Waals surface area contributed by atoms with Crippen molar-refractivity contribution < 1.29 is 19.1 Å². The smallest absolute Gasteiger partial charge is 0.225 e. The van der Waals surface area contributed by atoms with Crippen molar-refractivity contribution in [2.75, 3.05) is 27.3 Å². The standard InChI is InChI=1S/C23H28N2O4/c1-4-21(26)25-14-18(17-11-8-12-20(28-2)22(17)29-3)19(15-25)23(27)24-13-16-9-6-5-7-10-16/h5-12,18-19H,4,13-15H2,1-3H3,(H,24,27). The Morgan fingerprint density at radius 2 is 1.79 bits per heavy atom. The molecule has 0 aromatic heterocycles. The molecule has 29 heavy (non-hydrogen) atoms. The van der Waals surface area contributed by atoms with Gasteiger partial charge in [-0.3, -0.25) is 9.59 Å². The molecule has 2 aromatic rings. The summed E-state index contributed by atoms with van der Waals surface area (Å²) >= 11 is 0. The molecule has 1 heterocycles. The number of likely N-dealkylation sites (tertiary alicyclic amines) is 1. The van der Waals surface area contributed by atoms with Crippen LogP contribution in [0.3, 0.4) is 0 Å². The molecular formula is C23H28N2O4. The van der Waals surface area contributed by atoms with Gasteiger partial charge in [-0.1, -0.05) is 49.4 Å². The van der Waals surface area contributed by atoms with Gasteiger partial charge in [-0.2, -0.15) is 0 Å². The van der Waals surface area contributed by atoms with E-state index in [2.05, 4.69) is 5.32 Å². The van der Waals surface area contributed by atoms with Gasteiger partial charge in [-0.25, -0.2) is 0 Å². The van der Waals surface area contributed by atoms with Gasteiger partial charge in [0.25, 0.3) is 0 Å². The second-order valence-corrected chi connectivity index (χ2v) is 7.15. The summed E-state index contributed by atoms with van der Waals surface area (Å²) in [6.45, 7) is 3.18. The number of rotatable bonds is 7. The van der Waals surface area contributed by atoms with E-state index in [-0.39, 0.29) is 23.7 Å². The van der Waals surface area contributed by atoms with Gasteiger partial charge in [0.15, 0.2) is 11.5 Å². The minimum absolute atomic E-state index is 0.0511. The van der Waals surface area contributed by atoms with Crippen LogP contribution in [0.15, 0.2) is 48.5 Å². The second kappa shape index (κ2) is 9.45. The molecule has 1 N–H and O–H groups in total.